The van der Waals surface area contributed by atoms with Crippen molar-refractivity contribution in [3.05, 3.63) is 76.2 Å². The molecule has 2 saturated heterocycles. The van der Waals surface area contributed by atoms with Crippen molar-refractivity contribution in [1.82, 2.24) is 14.8 Å². The second kappa shape index (κ2) is 7.91. The number of carboxylic acid groups (broad SMARTS) is 1. The molecule has 164 valence electrons. The molecule has 0 saturated carbocycles. The number of piperidine rings is 1. The van der Waals surface area contributed by atoms with Crippen molar-refractivity contribution >= 4 is 22.6 Å². The molecule has 2 aliphatic rings. The van der Waals surface area contributed by atoms with E-state index in [1.807, 2.05) is 6.07 Å². The zero-order valence-corrected chi connectivity index (χ0v) is 17.7. The minimum atomic E-state index is -1.22. The number of hydrogen-bond donors (Lipinski definition) is 2. The predicted molar refractivity (Wildman–Crippen MR) is 122 cm³/mol. The number of pyridine rings is 1. The molecule has 2 N–H and O–H groups in total. The summed E-state index contributed by atoms with van der Waals surface area (Å²) in [5.74, 6) is -1.63. The van der Waals surface area contributed by atoms with Gasteiger partial charge in [-0.25, -0.2) is 4.79 Å². The molecule has 0 unspecified atom stereocenters. The van der Waals surface area contributed by atoms with E-state index in [2.05, 4.69) is 5.32 Å². The number of para-hydroxylation sites is 1. The number of hydrogen-bond acceptors (Lipinski definition) is 4. The number of nitrogens with zero attached hydrogens (tertiary/aromatic N) is 2. The lowest BCUT2D eigenvalue weighted by atomic mass is 9.78. The van der Waals surface area contributed by atoms with Crippen LogP contribution in [-0.2, 0) is 0 Å². The van der Waals surface area contributed by atoms with Crippen molar-refractivity contribution in [2.24, 2.45) is 5.41 Å². The molecule has 2 aliphatic heterocycles. The van der Waals surface area contributed by atoms with Crippen LogP contribution in [0.15, 0.2) is 59.4 Å². The third-order valence-electron chi connectivity index (χ3n) is 6.96. The van der Waals surface area contributed by atoms with Crippen LogP contribution in [0.25, 0.3) is 16.5 Å². The molecule has 0 aliphatic carbocycles. The molecule has 7 nitrogen and oxygen atoms in total. The summed E-state index contributed by atoms with van der Waals surface area (Å²) in [5.41, 5.74) is 0.0930. The van der Waals surface area contributed by atoms with Crippen molar-refractivity contribution in [2.45, 2.75) is 19.3 Å². The molecule has 1 amide bonds. The number of benzene rings is 2. The number of aromatic nitrogens is 1. The van der Waals surface area contributed by atoms with Crippen LogP contribution >= 0.6 is 0 Å². The highest BCUT2D eigenvalue weighted by Gasteiger charge is 2.39. The lowest BCUT2D eigenvalue weighted by Gasteiger charge is -2.39. The number of likely N-dealkylation sites (tertiary alicyclic amines) is 1. The van der Waals surface area contributed by atoms with Crippen LogP contribution in [0.3, 0.4) is 0 Å². The van der Waals surface area contributed by atoms with Gasteiger partial charge in [0.2, 0.25) is 0 Å². The van der Waals surface area contributed by atoms with Gasteiger partial charge in [0.15, 0.2) is 0 Å². The molecule has 3 heterocycles. The highest BCUT2D eigenvalue weighted by molar-refractivity contribution is 6.12. The van der Waals surface area contributed by atoms with E-state index in [0.717, 1.165) is 32.4 Å². The maximum atomic E-state index is 13.8. The van der Waals surface area contributed by atoms with E-state index in [-0.39, 0.29) is 27.4 Å². The van der Waals surface area contributed by atoms with Gasteiger partial charge in [0.1, 0.15) is 5.69 Å². The second-order valence-electron chi connectivity index (χ2n) is 8.77. The molecule has 0 atom stereocenters. The lowest BCUT2D eigenvalue weighted by molar-refractivity contribution is 0.0582. The number of carbonyl (C=O) groups excluding carboxylic acids is 1. The Kier molecular flexibility index (Phi) is 5.06. The third-order valence-corrected chi connectivity index (χ3v) is 6.96. The topological polar surface area (TPSA) is 91.6 Å². The van der Waals surface area contributed by atoms with Crippen LogP contribution in [0, 0.1) is 5.41 Å². The number of rotatable bonds is 3. The molecule has 1 aromatic heterocycles. The SMILES string of the molecule is O=C(O)c1c(C(=O)N2CCC3(CCNC3)CC2)n(-c2ccccc2)c(=O)c2ccccc12. The molecule has 32 heavy (non-hydrogen) atoms. The Balaban J connectivity index is 1.69. The Labute approximate surface area is 185 Å². The Hall–Kier alpha value is -3.45. The van der Waals surface area contributed by atoms with Crippen LogP contribution in [0.4, 0.5) is 0 Å². The summed E-state index contributed by atoms with van der Waals surface area (Å²) in [5, 5.41) is 14.1. The summed E-state index contributed by atoms with van der Waals surface area (Å²) >= 11 is 0. The minimum absolute atomic E-state index is 0.0760. The number of carbonyl (C=O) groups is 2. The highest BCUT2D eigenvalue weighted by atomic mass is 16.4. The zero-order chi connectivity index (χ0) is 22.3. The summed E-state index contributed by atoms with van der Waals surface area (Å²) in [4.78, 5) is 41.4. The van der Waals surface area contributed by atoms with Crippen LogP contribution in [0.5, 0.6) is 0 Å². The van der Waals surface area contributed by atoms with E-state index >= 15 is 0 Å². The summed E-state index contributed by atoms with van der Waals surface area (Å²) in [6.07, 6.45) is 2.84. The normalized spacial score (nSPS) is 17.7. The summed E-state index contributed by atoms with van der Waals surface area (Å²) in [6.45, 7) is 3.06. The van der Waals surface area contributed by atoms with Gasteiger partial charge in [0.25, 0.3) is 11.5 Å². The maximum absolute atomic E-state index is 13.8. The molecule has 0 bridgehead atoms. The first-order valence-corrected chi connectivity index (χ1v) is 11.0. The fourth-order valence-corrected chi connectivity index (χ4v) is 5.15. The monoisotopic (exact) mass is 431 g/mol. The Bertz CT molecular complexity index is 1250. The van der Waals surface area contributed by atoms with E-state index in [1.54, 1.807) is 53.4 Å². The van der Waals surface area contributed by atoms with Gasteiger partial charge in [0, 0.05) is 36.1 Å². The first kappa shape index (κ1) is 20.5. The van der Waals surface area contributed by atoms with Gasteiger partial charge in [-0.3, -0.25) is 14.2 Å². The molecule has 2 fully saturated rings. The second-order valence-corrected chi connectivity index (χ2v) is 8.77. The molecule has 1 spiro atoms. The quantitative estimate of drug-likeness (QED) is 0.665. The average Bonchev–Trinajstić information content (AvgIpc) is 3.27. The predicted octanol–water partition coefficient (Wildman–Crippen LogP) is 2.90. The van der Waals surface area contributed by atoms with E-state index in [0.29, 0.717) is 18.8 Å². The minimum Gasteiger partial charge on any atom is -0.478 e. The largest absolute Gasteiger partial charge is 0.478 e. The van der Waals surface area contributed by atoms with E-state index in [4.69, 9.17) is 0 Å². The fourth-order valence-electron chi connectivity index (χ4n) is 5.15. The maximum Gasteiger partial charge on any atom is 0.338 e. The lowest BCUT2D eigenvalue weighted by Crippen LogP contribution is -2.45. The summed E-state index contributed by atoms with van der Waals surface area (Å²) in [6, 6.07) is 15.4. The van der Waals surface area contributed by atoms with Crippen molar-refractivity contribution in [2.75, 3.05) is 26.2 Å². The van der Waals surface area contributed by atoms with Gasteiger partial charge in [-0.2, -0.15) is 0 Å². The fraction of sp³-hybridized carbons (Fsp3) is 0.320. The Morgan fingerprint density at radius 3 is 2.19 bits per heavy atom. The van der Waals surface area contributed by atoms with Crippen LogP contribution < -0.4 is 10.9 Å². The molecule has 0 radical (unpaired) electrons. The summed E-state index contributed by atoms with van der Waals surface area (Å²) in [7, 11) is 0. The van der Waals surface area contributed by atoms with Crippen molar-refractivity contribution in [3.63, 3.8) is 0 Å². The van der Waals surface area contributed by atoms with Gasteiger partial charge >= 0.3 is 5.97 Å². The van der Waals surface area contributed by atoms with Crippen LogP contribution in [-0.4, -0.2) is 52.6 Å². The Morgan fingerprint density at radius 1 is 0.906 bits per heavy atom. The molecule has 7 heteroatoms. The number of amides is 1. The first-order chi connectivity index (χ1) is 15.5. The number of fused-ring (bicyclic) bond motifs is 1. The van der Waals surface area contributed by atoms with E-state index < -0.39 is 17.4 Å². The first-order valence-electron chi connectivity index (χ1n) is 11.0. The number of nitrogens with one attached hydrogen (secondary N) is 1. The smallest absolute Gasteiger partial charge is 0.338 e. The molecular formula is C25H25N3O4. The van der Waals surface area contributed by atoms with Gasteiger partial charge in [-0.15, -0.1) is 0 Å². The van der Waals surface area contributed by atoms with E-state index in [1.165, 1.54) is 4.57 Å². The zero-order valence-electron chi connectivity index (χ0n) is 17.7. The average molecular weight is 431 g/mol. The van der Waals surface area contributed by atoms with Crippen LogP contribution in [0.1, 0.15) is 40.1 Å². The highest BCUT2D eigenvalue weighted by Crippen LogP contribution is 2.37. The third kappa shape index (κ3) is 3.29. The van der Waals surface area contributed by atoms with Gasteiger partial charge < -0.3 is 15.3 Å². The van der Waals surface area contributed by atoms with Gasteiger partial charge in [-0.1, -0.05) is 36.4 Å². The van der Waals surface area contributed by atoms with Crippen molar-refractivity contribution in [1.29, 1.82) is 0 Å². The Morgan fingerprint density at radius 2 is 1.56 bits per heavy atom. The standard InChI is InChI=1S/C25H25N3O4/c29-22-19-9-5-4-8-18(19)20(24(31)32)21(28(22)17-6-2-1-3-7-17)23(30)27-14-11-25(12-15-27)10-13-26-16-25/h1-9,26H,10-16H2,(H,31,32). The molecule has 5 rings (SSSR count). The molecular weight excluding hydrogens is 406 g/mol. The van der Waals surface area contributed by atoms with E-state index in [9.17, 15) is 19.5 Å². The summed E-state index contributed by atoms with van der Waals surface area (Å²) < 4.78 is 1.27. The van der Waals surface area contributed by atoms with Gasteiger partial charge in [-0.05, 0) is 49.4 Å². The molecule has 2 aromatic carbocycles. The van der Waals surface area contributed by atoms with Crippen molar-refractivity contribution in [3.8, 4) is 5.69 Å². The van der Waals surface area contributed by atoms with Gasteiger partial charge in [0.05, 0.1) is 5.56 Å². The number of carboxylic acids is 1. The number of aromatic carboxylic acids is 1. The molecule has 3 aromatic rings. The van der Waals surface area contributed by atoms with Crippen LogP contribution in [0.2, 0.25) is 0 Å². The van der Waals surface area contributed by atoms with Crippen molar-refractivity contribution < 1.29 is 14.7 Å².